The smallest absolute Gasteiger partial charge is 0.00101 e. The van der Waals surface area contributed by atoms with Crippen LogP contribution >= 0.6 is 0 Å². The zero-order valence-electron chi connectivity index (χ0n) is 8.97. The average Bonchev–Trinajstić information content (AvgIpc) is 2.48. The van der Waals surface area contributed by atoms with Crippen LogP contribution in [0, 0.1) is 5.92 Å². The van der Waals surface area contributed by atoms with Crippen LogP contribution in [-0.4, -0.2) is 38.6 Å². The van der Waals surface area contributed by atoms with Gasteiger partial charge in [-0.25, -0.2) is 0 Å². The van der Waals surface area contributed by atoms with Crippen LogP contribution in [0.1, 0.15) is 19.3 Å². The second-order valence-electron chi connectivity index (χ2n) is 4.22. The van der Waals surface area contributed by atoms with E-state index in [2.05, 4.69) is 23.8 Å². The molecule has 1 rings (SSSR count). The maximum Gasteiger partial charge on any atom is 0.00101 e. The first kappa shape index (κ1) is 10.7. The van der Waals surface area contributed by atoms with E-state index in [0.717, 1.165) is 18.9 Å². The molecule has 1 N–H and O–H groups in total. The van der Waals surface area contributed by atoms with Crippen LogP contribution in [-0.2, 0) is 0 Å². The van der Waals surface area contributed by atoms with Gasteiger partial charge in [0.15, 0.2) is 0 Å². The van der Waals surface area contributed by atoms with Gasteiger partial charge in [-0.1, -0.05) is 12.2 Å². The Bertz CT molecular complexity index is 165. The van der Waals surface area contributed by atoms with Crippen LogP contribution in [0.3, 0.4) is 0 Å². The van der Waals surface area contributed by atoms with Crippen LogP contribution in [0.2, 0.25) is 0 Å². The fourth-order valence-corrected chi connectivity index (χ4v) is 2.01. The predicted molar refractivity (Wildman–Crippen MR) is 57.9 cm³/mol. The fourth-order valence-electron chi connectivity index (χ4n) is 2.01. The monoisotopic (exact) mass is 182 g/mol. The zero-order chi connectivity index (χ0) is 9.68. The van der Waals surface area contributed by atoms with Crippen molar-refractivity contribution >= 4 is 0 Å². The zero-order valence-corrected chi connectivity index (χ0v) is 8.97. The van der Waals surface area contributed by atoms with Crippen molar-refractivity contribution in [1.29, 1.82) is 0 Å². The molecule has 0 aliphatic carbocycles. The maximum atomic E-state index is 4.12. The third-order valence-corrected chi connectivity index (χ3v) is 2.79. The van der Waals surface area contributed by atoms with Gasteiger partial charge >= 0.3 is 0 Å². The standard InChI is InChI=1S/C11H22N2/c1-10(4-6-12-2)8-11-5-7-13(3)9-11/h11-12H,1,4-9H2,2-3H3. The summed E-state index contributed by atoms with van der Waals surface area (Å²) < 4.78 is 0. The Kier molecular flexibility index (Phi) is 4.46. The van der Waals surface area contributed by atoms with Crippen LogP contribution < -0.4 is 5.32 Å². The van der Waals surface area contributed by atoms with E-state index < -0.39 is 0 Å². The summed E-state index contributed by atoms with van der Waals surface area (Å²) in [5.41, 5.74) is 1.41. The van der Waals surface area contributed by atoms with Gasteiger partial charge in [0.1, 0.15) is 0 Å². The molecular formula is C11H22N2. The number of rotatable bonds is 5. The van der Waals surface area contributed by atoms with E-state index in [4.69, 9.17) is 0 Å². The molecule has 2 heteroatoms. The van der Waals surface area contributed by atoms with Gasteiger partial charge in [0.25, 0.3) is 0 Å². The molecule has 1 unspecified atom stereocenters. The van der Waals surface area contributed by atoms with Crippen molar-refractivity contribution in [1.82, 2.24) is 10.2 Å². The molecule has 1 aliphatic rings. The Morgan fingerprint density at radius 3 is 2.92 bits per heavy atom. The third kappa shape index (κ3) is 3.92. The molecule has 1 heterocycles. The van der Waals surface area contributed by atoms with Crippen LogP contribution in [0.15, 0.2) is 12.2 Å². The molecule has 0 aromatic rings. The molecule has 0 amide bonds. The van der Waals surface area contributed by atoms with E-state index in [0.29, 0.717) is 0 Å². The SMILES string of the molecule is C=C(CCNC)CC1CCN(C)C1. The maximum absolute atomic E-state index is 4.12. The Labute approximate surface area is 82.0 Å². The lowest BCUT2D eigenvalue weighted by atomic mass is 9.98. The van der Waals surface area contributed by atoms with E-state index >= 15 is 0 Å². The molecule has 0 spiro atoms. The highest BCUT2D eigenvalue weighted by Crippen LogP contribution is 2.22. The van der Waals surface area contributed by atoms with Crippen molar-refractivity contribution in [3.05, 3.63) is 12.2 Å². The molecule has 13 heavy (non-hydrogen) atoms. The molecule has 0 aromatic heterocycles. The Hall–Kier alpha value is -0.340. The third-order valence-electron chi connectivity index (χ3n) is 2.79. The molecule has 1 fully saturated rings. The minimum Gasteiger partial charge on any atom is -0.319 e. The van der Waals surface area contributed by atoms with Gasteiger partial charge in [-0.05, 0) is 52.4 Å². The number of hydrogen-bond acceptors (Lipinski definition) is 2. The number of hydrogen-bond donors (Lipinski definition) is 1. The molecule has 2 nitrogen and oxygen atoms in total. The van der Waals surface area contributed by atoms with Crippen LogP contribution in [0.25, 0.3) is 0 Å². The summed E-state index contributed by atoms with van der Waals surface area (Å²) in [7, 11) is 4.20. The van der Waals surface area contributed by atoms with Crippen molar-refractivity contribution in [3.8, 4) is 0 Å². The molecule has 1 atom stereocenters. The summed E-state index contributed by atoms with van der Waals surface area (Å²) in [6.07, 6.45) is 3.72. The normalized spacial score (nSPS) is 23.7. The van der Waals surface area contributed by atoms with Crippen molar-refractivity contribution < 1.29 is 0 Å². The van der Waals surface area contributed by atoms with Crippen LogP contribution in [0.4, 0.5) is 0 Å². The summed E-state index contributed by atoms with van der Waals surface area (Å²) in [6, 6.07) is 0. The molecule has 0 aromatic carbocycles. The number of likely N-dealkylation sites (tertiary alicyclic amines) is 1. The minimum absolute atomic E-state index is 0.870. The highest BCUT2D eigenvalue weighted by atomic mass is 15.1. The molecule has 0 bridgehead atoms. The van der Waals surface area contributed by atoms with Gasteiger partial charge in [0.2, 0.25) is 0 Å². The summed E-state index contributed by atoms with van der Waals surface area (Å²) in [4.78, 5) is 2.41. The van der Waals surface area contributed by atoms with Crippen molar-refractivity contribution in [2.45, 2.75) is 19.3 Å². The summed E-state index contributed by atoms with van der Waals surface area (Å²) in [6.45, 7) is 7.72. The summed E-state index contributed by atoms with van der Waals surface area (Å²) >= 11 is 0. The highest BCUT2D eigenvalue weighted by Gasteiger charge is 2.19. The largest absolute Gasteiger partial charge is 0.319 e. The van der Waals surface area contributed by atoms with Crippen molar-refractivity contribution in [2.75, 3.05) is 33.7 Å². The highest BCUT2D eigenvalue weighted by molar-refractivity contribution is 4.97. The van der Waals surface area contributed by atoms with Gasteiger partial charge < -0.3 is 10.2 Å². The van der Waals surface area contributed by atoms with Crippen LogP contribution in [0.5, 0.6) is 0 Å². The first-order valence-electron chi connectivity index (χ1n) is 5.22. The second-order valence-corrected chi connectivity index (χ2v) is 4.22. The molecule has 1 saturated heterocycles. The van der Waals surface area contributed by atoms with Gasteiger partial charge in [-0.2, -0.15) is 0 Å². The Morgan fingerprint density at radius 2 is 2.38 bits per heavy atom. The molecule has 1 aliphatic heterocycles. The first-order chi connectivity index (χ1) is 6.22. The number of nitrogens with one attached hydrogen (secondary N) is 1. The van der Waals surface area contributed by atoms with Gasteiger partial charge in [-0.3, -0.25) is 0 Å². The fraction of sp³-hybridized carbons (Fsp3) is 0.818. The lowest BCUT2D eigenvalue weighted by molar-refractivity contribution is 0.393. The Morgan fingerprint density at radius 1 is 1.62 bits per heavy atom. The van der Waals surface area contributed by atoms with E-state index in [9.17, 15) is 0 Å². The van der Waals surface area contributed by atoms with E-state index in [1.807, 2.05) is 7.05 Å². The average molecular weight is 182 g/mol. The van der Waals surface area contributed by atoms with Gasteiger partial charge in [-0.15, -0.1) is 0 Å². The van der Waals surface area contributed by atoms with Crippen molar-refractivity contribution in [2.24, 2.45) is 5.92 Å². The number of nitrogens with zero attached hydrogens (tertiary/aromatic N) is 1. The minimum atomic E-state index is 0.870. The second kappa shape index (κ2) is 5.40. The van der Waals surface area contributed by atoms with E-state index in [-0.39, 0.29) is 0 Å². The van der Waals surface area contributed by atoms with Gasteiger partial charge in [0, 0.05) is 6.54 Å². The lowest BCUT2D eigenvalue weighted by Crippen LogP contribution is -2.14. The Balaban J connectivity index is 2.13. The molecule has 0 saturated carbocycles. The lowest BCUT2D eigenvalue weighted by Gasteiger charge is -2.12. The topological polar surface area (TPSA) is 15.3 Å². The molecule has 76 valence electrons. The quantitative estimate of drug-likeness (QED) is 0.648. The van der Waals surface area contributed by atoms with E-state index in [1.54, 1.807) is 0 Å². The predicted octanol–water partition coefficient (Wildman–Crippen LogP) is 1.49. The summed E-state index contributed by atoms with van der Waals surface area (Å²) in [5.74, 6) is 0.870. The van der Waals surface area contributed by atoms with E-state index in [1.165, 1.54) is 31.5 Å². The summed E-state index contributed by atoms with van der Waals surface area (Å²) in [5, 5.41) is 3.16. The molecule has 0 radical (unpaired) electrons. The molecular weight excluding hydrogens is 160 g/mol. The van der Waals surface area contributed by atoms with Crippen molar-refractivity contribution in [3.63, 3.8) is 0 Å². The first-order valence-corrected chi connectivity index (χ1v) is 5.22. The van der Waals surface area contributed by atoms with Gasteiger partial charge in [0.05, 0.1) is 0 Å².